The average molecular weight is 430 g/mol. The zero-order valence-electron chi connectivity index (χ0n) is 18.2. The Morgan fingerprint density at radius 2 is 1.22 bits per heavy atom. The van der Waals surface area contributed by atoms with E-state index in [-0.39, 0.29) is 30.2 Å². The third-order valence-corrected chi connectivity index (χ3v) is 4.71. The molecule has 0 spiro atoms. The summed E-state index contributed by atoms with van der Waals surface area (Å²) in [7, 11) is 0. The van der Waals surface area contributed by atoms with E-state index in [1.54, 1.807) is 36.4 Å². The van der Waals surface area contributed by atoms with Crippen molar-refractivity contribution in [3.63, 3.8) is 0 Å². The van der Waals surface area contributed by atoms with E-state index in [9.17, 15) is 14.4 Å². The molecule has 3 aromatic rings. The maximum absolute atomic E-state index is 12.3. The predicted octanol–water partition coefficient (Wildman–Crippen LogP) is 4.71. The fourth-order valence-electron chi connectivity index (χ4n) is 3.13. The van der Waals surface area contributed by atoms with Gasteiger partial charge in [-0.05, 0) is 53.4 Å². The van der Waals surface area contributed by atoms with E-state index in [2.05, 4.69) is 16.0 Å². The van der Waals surface area contributed by atoms with Crippen LogP contribution in [0.15, 0.2) is 78.9 Å². The van der Waals surface area contributed by atoms with E-state index in [4.69, 9.17) is 0 Å². The number of hydrogen-bond donors (Lipinski definition) is 3. The van der Waals surface area contributed by atoms with Crippen LogP contribution in [0.2, 0.25) is 0 Å². The smallest absolute Gasteiger partial charge is 0.251 e. The minimum atomic E-state index is -0.337. The number of carbonyl (C=O) groups is 3. The van der Waals surface area contributed by atoms with Crippen molar-refractivity contribution in [3.8, 4) is 11.1 Å². The van der Waals surface area contributed by atoms with Gasteiger partial charge in [0.2, 0.25) is 11.8 Å². The molecule has 32 heavy (non-hydrogen) atoms. The molecule has 0 unspecified atom stereocenters. The number of hydrogen-bond acceptors (Lipinski definition) is 3. The highest BCUT2D eigenvalue weighted by atomic mass is 16.2. The summed E-state index contributed by atoms with van der Waals surface area (Å²) in [5.74, 6) is -0.416. The van der Waals surface area contributed by atoms with Crippen molar-refractivity contribution in [1.29, 1.82) is 0 Å². The highest BCUT2D eigenvalue weighted by molar-refractivity contribution is 5.99. The third-order valence-electron chi connectivity index (χ3n) is 4.71. The van der Waals surface area contributed by atoms with Gasteiger partial charge < -0.3 is 16.0 Å². The second-order valence-corrected chi connectivity index (χ2v) is 7.90. The second kappa shape index (κ2) is 10.9. The fraction of sp³-hybridized carbons (Fsp3) is 0.192. The van der Waals surface area contributed by atoms with E-state index >= 15 is 0 Å². The molecule has 3 amide bonds. The van der Waals surface area contributed by atoms with Gasteiger partial charge in [0.15, 0.2) is 0 Å². The molecule has 0 bridgehead atoms. The highest BCUT2D eigenvalue weighted by Gasteiger charge is 2.09. The first-order chi connectivity index (χ1) is 15.4. The number of rotatable bonds is 8. The van der Waals surface area contributed by atoms with Gasteiger partial charge in [-0.25, -0.2) is 0 Å². The van der Waals surface area contributed by atoms with Crippen LogP contribution in [0.5, 0.6) is 0 Å². The average Bonchev–Trinajstić information content (AvgIpc) is 2.79. The maximum atomic E-state index is 12.3. The first-order valence-electron chi connectivity index (χ1n) is 10.5. The highest BCUT2D eigenvalue weighted by Crippen LogP contribution is 2.19. The van der Waals surface area contributed by atoms with Gasteiger partial charge >= 0.3 is 0 Å². The lowest BCUT2D eigenvalue weighted by atomic mass is 10.0. The number of anilines is 2. The Bertz CT molecular complexity index is 1060. The summed E-state index contributed by atoms with van der Waals surface area (Å²) in [5.41, 5.74) is 3.83. The lowest BCUT2D eigenvalue weighted by Gasteiger charge is -2.10. The second-order valence-electron chi connectivity index (χ2n) is 7.90. The predicted molar refractivity (Wildman–Crippen MR) is 127 cm³/mol. The largest absolute Gasteiger partial charge is 0.343 e. The van der Waals surface area contributed by atoms with Crippen LogP contribution in [-0.4, -0.2) is 24.3 Å². The fourth-order valence-corrected chi connectivity index (χ4v) is 3.13. The van der Waals surface area contributed by atoms with Crippen LogP contribution in [0, 0.1) is 5.92 Å². The molecule has 3 rings (SSSR count). The molecule has 0 fully saturated rings. The van der Waals surface area contributed by atoms with Crippen LogP contribution in [0.4, 0.5) is 11.4 Å². The standard InChI is InChI=1S/C26H27N3O3/c1-18(2)16-24(30)28-22-12-14-23(15-13-22)29-25(31)17-27-26(32)21-10-8-20(9-11-21)19-6-4-3-5-7-19/h3-15,18H,16-17H2,1-2H3,(H,27,32)(H,28,30)(H,29,31). The van der Waals surface area contributed by atoms with Crippen molar-refractivity contribution in [2.75, 3.05) is 17.2 Å². The van der Waals surface area contributed by atoms with E-state index in [1.165, 1.54) is 0 Å². The van der Waals surface area contributed by atoms with E-state index < -0.39 is 0 Å². The van der Waals surface area contributed by atoms with Crippen molar-refractivity contribution in [3.05, 3.63) is 84.4 Å². The normalized spacial score (nSPS) is 10.5. The molecule has 0 aliphatic rings. The number of carbonyl (C=O) groups excluding carboxylic acids is 3. The summed E-state index contributed by atoms with van der Waals surface area (Å²) in [6.45, 7) is 3.82. The number of nitrogens with one attached hydrogen (secondary N) is 3. The van der Waals surface area contributed by atoms with Gasteiger partial charge in [0.1, 0.15) is 0 Å². The summed E-state index contributed by atoms with van der Waals surface area (Å²) in [5, 5.41) is 8.17. The van der Waals surface area contributed by atoms with Crippen LogP contribution >= 0.6 is 0 Å². The van der Waals surface area contributed by atoms with Gasteiger partial charge in [0.25, 0.3) is 5.91 Å². The Morgan fingerprint density at radius 1 is 0.688 bits per heavy atom. The van der Waals surface area contributed by atoms with Crippen LogP contribution in [0.1, 0.15) is 30.6 Å². The van der Waals surface area contributed by atoms with Gasteiger partial charge in [-0.15, -0.1) is 0 Å². The Hall–Kier alpha value is -3.93. The molecular weight excluding hydrogens is 402 g/mol. The molecule has 164 valence electrons. The summed E-state index contributed by atoms with van der Waals surface area (Å²) < 4.78 is 0. The minimum Gasteiger partial charge on any atom is -0.343 e. The molecule has 3 N–H and O–H groups in total. The van der Waals surface area contributed by atoms with Gasteiger partial charge in [-0.1, -0.05) is 56.3 Å². The first kappa shape index (κ1) is 22.7. The van der Waals surface area contributed by atoms with Gasteiger partial charge in [0.05, 0.1) is 6.54 Å². The SMILES string of the molecule is CC(C)CC(=O)Nc1ccc(NC(=O)CNC(=O)c2ccc(-c3ccccc3)cc2)cc1. The van der Waals surface area contributed by atoms with E-state index in [1.807, 2.05) is 56.3 Å². The molecule has 0 saturated carbocycles. The summed E-state index contributed by atoms with van der Waals surface area (Å²) >= 11 is 0. The third kappa shape index (κ3) is 6.80. The zero-order chi connectivity index (χ0) is 22.9. The molecular formula is C26H27N3O3. The molecule has 0 aromatic heterocycles. The van der Waals surface area contributed by atoms with Gasteiger partial charge in [0, 0.05) is 23.4 Å². The molecule has 0 saturated heterocycles. The first-order valence-corrected chi connectivity index (χ1v) is 10.5. The van der Waals surface area contributed by atoms with E-state index in [0.29, 0.717) is 23.4 Å². The zero-order valence-corrected chi connectivity index (χ0v) is 18.2. The Labute approximate surface area is 188 Å². The summed E-state index contributed by atoms with van der Waals surface area (Å²) in [6, 6.07) is 24.0. The number of amides is 3. The summed E-state index contributed by atoms with van der Waals surface area (Å²) in [4.78, 5) is 36.3. The van der Waals surface area contributed by atoms with E-state index in [0.717, 1.165) is 11.1 Å². The van der Waals surface area contributed by atoms with Gasteiger partial charge in [-0.3, -0.25) is 14.4 Å². The van der Waals surface area contributed by atoms with Gasteiger partial charge in [-0.2, -0.15) is 0 Å². The molecule has 6 heteroatoms. The van der Waals surface area contributed by atoms with Crippen molar-refractivity contribution in [2.24, 2.45) is 5.92 Å². The topological polar surface area (TPSA) is 87.3 Å². The monoisotopic (exact) mass is 429 g/mol. The molecule has 0 atom stereocenters. The van der Waals surface area contributed by atoms with Crippen LogP contribution in [0.3, 0.4) is 0 Å². The molecule has 0 radical (unpaired) electrons. The lowest BCUT2D eigenvalue weighted by Crippen LogP contribution is -2.32. The molecule has 0 aliphatic carbocycles. The molecule has 0 aliphatic heterocycles. The lowest BCUT2D eigenvalue weighted by molar-refractivity contribution is -0.117. The Morgan fingerprint density at radius 3 is 1.78 bits per heavy atom. The Balaban J connectivity index is 1.47. The van der Waals surface area contributed by atoms with Crippen LogP contribution in [0.25, 0.3) is 11.1 Å². The maximum Gasteiger partial charge on any atom is 0.251 e. The molecule has 3 aromatic carbocycles. The van der Waals surface area contributed by atoms with Crippen molar-refractivity contribution in [2.45, 2.75) is 20.3 Å². The minimum absolute atomic E-state index is 0.0451. The van der Waals surface area contributed by atoms with Crippen molar-refractivity contribution < 1.29 is 14.4 Å². The molecule has 0 heterocycles. The summed E-state index contributed by atoms with van der Waals surface area (Å²) in [6.07, 6.45) is 0.452. The number of benzene rings is 3. The quantitative estimate of drug-likeness (QED) is 0.485. The van der Waals surface area contributed by atoms with Crippen LogP contribution < -0.4 is 16.0 Å². The molecule has 6 nitrogen and oxygen atoms in total. The Kier molecular flexibility index (Phi) is 7.75. The van der Waals surface area contributed by atoms with Crippen molar-refractivity contribution >= 4 is 29.1 Å². The van der Waals surface area contributed by atoms with Crippen LogP contribution in [-0.2, 0) is 9.59 Å². The van der Waals surface area contributed by atoms with Crippen molar-refractivity contribution in [1.82, 2.24) is 5.32 Å².